The number of hydrogen-bond acceptors (Lipinski definition) is 3. The van der Waals surface area contributed by atoms with Crippen LogP contribution in [0, 0.1) is 5.82 Å². The Balaban J connectivity index is 1.78. The van der Waals surface area contributed by atoms with Crippen LogP contribution in [0.25, 0.3) is 17.1 Å². The van der Waals surface area contributed by atoms with Gasteiger partial charge in [0.15, 0.2) is 11.5 Å². The molecule has 0 atom stereocenters. The molecule has 0 aliphatic carbocycles. The molecule has 110 valence electrons. The maximum atomic E-state index is 13.1. The maximum absolute atomic E-state index is 13.1. The zero-order valence-electron chi connectivity index (χ0n) is 11.7. The Morgan fingerprint density at radius 1 is 0.955 bits per heavy atom. The maximum Gasteiger partial charge on any atom is 0.163 e. The van der Waals surface area contributed by atoms with Gasteiger partial charge in [-0.25, -0.2) is 9.37 Å². The van der Waals surface area contributed by atoms with Gasteiger partial charge >= 0.3 is 0 Å². The van der Waals surface area contributed by atoms with Crippen molar-refractivity contribution in [3.05, 3.63) is 60.7 Å². The van der Waals surface area contributed by atoms with Gasteiger partial charge in [-0.15, -0.1) is 0 Å². The van der Waals surface area contributed by atoms with Gasteiger partial charge in [-0.2, -0.15) is 0 Å². The van der Waals surface area contributed by atoms with E-state index in [-0.39, 0.29) is 5.82 Å². The highest BCUT2D eigenvalue weighted by Gasteiger charge is 2.14. The minimum Gasteiger partial charge on any atom is -0.486 e. The summed E-state index contributed by atoms with van der Waals surface area (Å²) in [4.78, 5) is 4.37. The predicted molar refractivity (Wildman–Crippen MR) is 79.9 cm³/mol. The van der Waals surface area contributed by atoms with E-state index in [4.69, 9.17) is 9.47 Å². The molecule has 0 saturated carbocycles. The van der Waals surface area contributed by atoms with E-state index in [2.05, 4.69) is 4.98 Å². The second kappa shape index (κ2) is 5.18. The van der Waals surface area contributed by atoms with Crippen LogP contribution >= 0.6 is 0 Å². The molecule has 0 fully saturated rings. The van der Waals surface area contributed by atoms with Gasteiger partial charge < -0.3 is 9.47 Å². The first-order chi connectivity index (χ1) is 10.8. The first kappa shape index (κ1) is 12.9. The molecule has 0 amide bonds. The second-order valence-electron chi connectivity index (χ2n) is 4.96. The lowest BCUT2D eigenvalue weighted by Crippen LogP contribution is -2.15. The number of ether oxygens (including phenoxy) is 2. The third-order valence-corrected chi connectivity index (χ3v) is 3.55. The second-order valence-corrected chi connectivity index (χ2v) is 4.96. The number of hydrogen-bond donors (Lipinski definition) is 0. The SMILES string of the molecule is Fc1ccc(-c2nccn2-c2ccc3c(c2)OCCO3)cc1. The molecule has 5 heteroatoms. The van der Waals surface area contributed by atoms with Crippen LogP contribution < -0.4 is 9.47 Å². The van der Waals surface area contributed by atoms with Crippen molar-refractivity contribution in [2.45, 2.75) is 0 Å². The molecule has 0 unspecified atom stereocenters. The molecule has 4 nitrogen and oxygen atoms in total. The molecular weight excluding hydrogens is 283 g/mol. The van der Waals surface area contributed by atoms with E-state index in [1.54, 1.807) is 18.3 Å². The molecule has 1 aliphatic heterocycles. The lowest BCUT2D eigenvalue weighted by molar-refractivity contribution is 0.171. The molecule has 22 heavy (non-hydrogen) atoms. The molecular formula is C17H13FN2O2. The summed E-state index contributed by atoms with van der Waals surface area (Å²) in [5, 5.41) is 0. The molecule has 2 heterocycles. The first-order valence-corrected chi connectivity index (χ1v) is 7.00. The topological polar surface area (TPSA) is 36.3 Å². The molecule has 1 aromatic heterocycles. The highest BCUT2D eigenvalue weighted by molar-refractivity contribution is 5.60. The number of fused-ring (bicyclic) bond motifs is 1. The van der Waals surface area contributed by atoms with Crippen LogP contribution in [0.5, 0.6) is 11.5 Å². The number of nitrogens with zero attached hydrogens (tertiary/aromatic N) is 2. The zero-order chi connectivity index (χ0) is 14.9. The smallest absolute Gasteiger partial charge is 0.163 e. The van der Waals surface area contributed by atoms with Crippen LogP contribution in [-0.2, 0) is 0 Å². The van der Waals surface area contributed by atoms with Crippen molar-refractivity contribution in [2.24, 2.45) is 0 Å². The third-order valence-electron chi connectivity index (χ3n) is 3.55. The van der Waals surface area contributed by atoms with Gasteiger partial charge in [-0.3, -0.25) is 4.57 Å². The van der Waals surface area contributed by atoms with Gasteiger partial charge in [0.25, 0.3) is 0 Å². The summed E-state index contributed by atoms with van der Waals surface area (Å²) >= 11 is 0. The van der Waals surface area contributed by atoms with Crippen LogP contribution in [0.4, 0.5) is 4.39 Å². The molecule has 4 rings (SSSR count). The molecule has 0 saturated heterocycles. The number of benzene rings is 2. The average Bonchev–Trinajstić information content (AvgIpc) is 3.05. The minimum atomic E-state index is -0.263. The highest BCUT2D eigenvalue weighted by Crippen LogP contribution is 2.33. The van der Waals surface area contributed by atoms with Crippen molar-refractivity contribution in [1.29, 1.82) is 0 Å². The summed E-state index contributed by atoms with van der Waals surface area (Å²) < 4.78 is 26.2. The Hall–Kier alpha value is -2.82. The lowest BCUT2D eigenvalue weighted by Gasteiger charge is -2.19. The van der Waals surface area contributed by atoms with Crippen molar-refractivity contribution in [1.82, 2.24) is 9.55 Å². The van der Waals surface area contributed by atoms with Crippen molar-refractivity contribution in [3.63, 3.8) is 0 Å². The van der Waals surface area contributed by atoms with Gasteiger partial charge in [0.1, 0.15) is 24.9 Å². The van der Waals surface area contributed by atoms with Gasteiger partial charge in [-0.1, -0.05) is 0 Å². The number of aromatic nitrogens is 2. The summed E-state index contributed by atoms with van der Waals surface area (Å²) in [7, 11) is 0. The summed E-state index contributed by atoms with van der Waals surface area (Å²) in [6, 6.07) is 12.0. The van der Waals surface area contributed by atoms with Crippen molar-refractivity contribution in [2.75, 3.05) is 13.2 Å². The van der Waals surface area contributed by atoms with E-state index in [0.29, 0.717) is 13.2 Å². The number of rotatable bonds is 2. The molecule has 2 aromatic carbocycles. The third kappa shape index (κ3) is 2.20. The van der Waals surface area contributed by atoms with Gasteiger partial charge in [0.05, 0.1) is 5.69 Å². The van der Waals surface area contributed by atoms with Crippen LogP contribution in [0.15, 0.2) is 54.9 Å². The fourth-order valence-corrected chi connectivity index (χ4v) is 2.51. The average molecular weight is 296 g/mol. The van der Waals surface area contributed by atoms with Crippen LogP contribution in [0.1, 0.15) is 0 Å². The Labute approximate surface area is 126 Å². The van der Waals surface area contributed by atoms with E-state index in [0.717, 1.165) is 28.6 Å². The van der Waals surface area contributed by atoms with E-state index >= 15 is 0 Å². The molecule has 1 aliphatic rings. The monoisotopic (exact) mass is 296 g/mol. The Morgan fingerprint density at radius 3 is 2.55 bits per heavy atom. The highest BCUT2D eigenvalue weighted by atomic mass is 19.1. The van der Waals surface area contributed by atoms with Crippen molar-refractivity contribution >= 4 is 0 Å². The Kier molecular flexibility index (Phi) is 3.04. The van der Waals surface area contributed by atoms with Crippen LogP contribution in [0.2, 0.25) is 0 Å². The number of imidazole rings is 1. The summed E-state index contributed by atoms with van der Waals surface area (Å²) in [5.41, 5.74) is 1.77. The largest absolute Gasteiger partial charge is 0.486 e. The fraction of sp³-hybridized carbons (Fsp3) is 0.118. The Morgan fingerprint density at radius 2 is 1.73 bits per heavy atom. The predicted octanol–water partition coefficient (Wildman–Crippen LogP) is 3.45. The van der Waals surface area contributed by atoms with Gasteiger partial charge in [0.2, 0.25) is 0 Å². The van der Waals surface area contributed by atoms with E-state index < -0.39 is 0 Å². The molecule has 0 N–H and O–H groups in total. The van der Waals surface area contributed by atoms with Crippen molar-refractivity contribution in [3.8, 4) is 28.6 Å². The first-order valence-electron chi connectivity index (χ1n) is 7.00. The molecule has 0 bridgehead atoms. The zero-order valence-corrected chi connectivity index (χ0v) is 11.7. The fourth-order valence-electron chi connectivity index (χ4n) is 2.51. The van der Waals surface area contributed by atoms with E-state index in [9.17, 15) is 4.39 Å². The standard InChI is InChI=1S/C17H13FN2O2/c18-13-3-1-12(2-4-13)17-19-7-8-20(17)14-5-6-15-16(11-14)22-10-9-21-15/h1-8,11H,9-10H2. The quantitative estimate of drug-likeness (QED) is 0.726. The van der Waals surface area contributed by atoms with Crippen LogP contribution in [-0.4, -0.2) is 22.8 Å². The van der Waals surface area contributed by atoms with Gasteiger partial charge in [-0.05, 0) is 36.4 Å². The van der Waals surface area contributed by atoms with Crippen molar-refractivity contribution < 1.29 is 13.9 Å². The molecule has 3 aromatic rings. The Bertz CT molecular complexity index is 812. The van der Waals surface area contributed by atoms with Crippen LogP contribution in [0.3, 0.4) is 0 Å². The normalized spacial score (nSPS) is 13.1. The van der Waals surface area contributed by atoms with Gasteiger partial charge in [0, 0.05) is 24.0 Å². The lowest BCUT2D eigenvalue weighted by atomic mass is 10.2. The summed E-state index contributed by atoms with van der Waals surface area (Å²) in [6.45, 7) is 1.11. The molecule has 0 spiro atoms. The van der Waals surface area contributed by atoms with E-state index in [1.807, 2.05) is 29.0 Å². The summed E-state index contributed by atoms with van der Waals surface area (Å²) in [5.74, 6) is 1.96. The minimum absolute atomic E-state index is 0.263. The summed E-state index contributed by atoms with van der Waals surface area (Å²) in [6.07, 6.45) is 3.58. The molecule has 0 radical (unpaired) electrons. The number of halogens is 1. The van der Waals surface area contributed by atoms with E-state index in [1.165, 1.54) is 12.1 Å².